The molecule has 1 aliphatic heterocycles. The molecule has 1 aliphatic rings. The van der Waals surface area contributed by atoms with Crippen molar-refractivity contribution in [2.75, 3.05) is 6.54 Å². The third-order valence-electron chi connectivity index (χ3n) is 5.04. The highest BCUT2D eigenvalue weighted by Crippen LogP contribution is 2.21. The molecule has 0 unspecified atom stereocenters. The van der Waals surface area contributed by atoms with Crippen molar-refractivity contribution in [2.45, 2.75) is 69.9 Å². The zero-order valence-corrected chi connectivity index (χ0v) is 16.9. The summed E-state index contributed by atoms with van der Waals surface area (Å²) in [5.41, 5.74) is 0.973. The molecule has 1 fully saturated rings. The van der Waals surface area contributed by atoms with Crippen molar-refractivity contribution in [3.05, 3.63) is 48.0 Å². The molecule has 2 N–H and O–H groups in total. The molecule has 2 rings (SSSR count). The summed E-state index contributed by atoms with van der Waals surface area (Å²) in [6, 6.07) is 9.82. The Morgan fingerprint density at radius 1 is 1.21 bits per heavy atom. The second-order valence-electron chi connectivity index (χ2n) is 7.41. The number of carboxylic acids is 1. The van der Waals surface area contributed by atoms with Crippen LogP contribution < -0.4 is 0 Å². The fraction of sp³-hybridized carbons (Fsp3) is 0.500. The number of aliphatic hydroxyl groups excluding tert-OH is 1. The van der Waals surface area contributed by atoms with Crippen molar-refractivity contribution in [3.63, 3.8) is 0 Å². The standard InChI is InChI=1S/C24H31NO4/c26-22(13-8-7-12-20-10-4-3-5-11-20)17-15-21-16-18-23(27)25(21)19-9-2-1-6-14-24(28)29/h3-5,10-11,15,17,21-22,26H,1-2,6,8-9,13-14,16,18-19H2,(H,28,29)/b17-15+/t21-,22-/m0/s1. The van der Waals surface area contributed by atoms with Gasteiger partial charge in [-0.3, -0.25) is 9.59 Å². The molecule has 0 saturated carbocycles. The number of unbranched alkanes of at least 4 members (excludes halogenated alkanes) is 3. The molecule has 1 saturated heterocycles. The van der Waals surface area contributed by atoms with Gasteiger partial charge in [-0.15, -0.1) is 0 Å². The van der Waals surface area contributed by atoms with Gasteiger partial charge in [-0.2, -0.15) is 0 Å². The van der Waals surface area contributed by atoms with Gasteiger partial charge < -0.3 is 15.1 Å². The molecule has 0 spiro atoms. The van der Waals surface area contributed by atoms with Gasteiger partial charge in [0.2, 0.25) is 5.91 Å². The molecule has 1 amide bonds. The molecular formula is C24H31NO4. The largest absolute Gasteiger partial charge is 0.481 e. The monoisotopic (exact) mass is 397 g/mol. The third kappa shape index (κ3) is 8.97. The van der Waals surface area contributed by atoms with E-state index in [0.717, 1.165) is 31.2 Å². The number of rotatable bonds is 11. The van der Waals surface area contributed by atoms with Gasteiger partial charge >= 0.3 is 5.97 Å². The molecule has 0 aliphatic carbocycles. The second kappa shape index (κ2) is 12.8. The van der Waals surface area contributed by atoms with Crippen molar-refractivity contribution in [2.24, 2.45) is 0 Å². The lowest BCUT2D eigenvalue weighted by atomic mass is 10.1. The fourth-order valence-corrected chi connectivity index (χ4v) is 3.42. The lowest BCUT2D eigenvalue weighted by Gasteiger charge is -2.22. The van der Waals surface area contributed by atoms with Crippen LogP contribution in [0, 0.1) is 11.8 Å². The van der Waals surface area contributed by atoms with Crippen LogP contribution in [0.3, 0.4) is 0 Å². The van der Waals surface area contributed by atoms with Crippen molar-refractivity contribution in [1.29, 1.82) is 0 Å². The normalized spacial score (nSPS) is 17.3. The fourth-order valence-electron chi connectivity index (χ4n) is 3.42. The lowest BCUT2D eigenvalue weighted by molar-refractivity contribution is -0.137. The van der Waals surface area contributed by atoms with Crippen LogP contribution in [0.25, 0.3) is 0 Å². The molecule has 5 heteroatoms. The van der Waals surface area contributed by atoms with Crippen LogP contribution in [0.2, 0.25) is 0 Å². The van der Waals surface area contributed by atoms with Crippen LogP contribution in [0.5, 0.6) is 0 Å². The topological polar surface area (TPSA) is 77.8 Å². The smallest absolute Gasteiger partial charge is 0.303 e. The number of carbonyl (C=O) groups is 2. The predicted octanol–water partition coefficient (Wildman–Crippen LogP) is 3.76. The molecule has 0 aromatic heterocycles. The van der Waals surface area contributed by atoms with E-state index in [1.54, 1.807) is 6.08 Å². The third-order valence-corrected chi connectivity index (χ3v) is 5.04. The molecule has 2 atom stereocenters. The SMILES string of the molecule is O=C(O)CCCCCCN1C(=O)CC[C@@H]1/C=C/[C@@H](O)CCC#Cc1ccccc1. The van der Waals surface area contributed by atoms with Crippen LogP contribution in [0.4, 0.5) is 0 Å². The Labute approximate surface area is 173 Å². The first kappa shape index (κ1) is 22.7. The van der Waals surface area contributed by atoms with Gasteiger partial charge in [-0.25, -0.2) is 0 Å². The summed E-state index contributed by atoms with van der Waals surface area (Å²) in [5, 5.41) is 18.8. The first-order valence-corrected chi connectivity index (χ1v) is 10.5. The first-order chi connectivity index (χ1) is 14.1. The molecule has 156 valence electrons. The van der Waals surface area contributed by atoms with Crippen molar-refractivity contribution in [3.8, 4) is 11.8 Å². The minimum atomic E-state index is -0.755. The molecule has 0 radical (unpaired) electrons. The van der Waals surface area contributed by atoms with E-state index in [1.165, 1.54) is 0 Å². The summed E-state index contributed by atoms with van der Waals surface area (Å²) >= 11 is 0. The van der Waals surface area contributed by atoms with E-state index < -0.39 is 12.1 Å². The lowest BCUT2D eigenvalue weighted by Crippen LogP contribution is -2.32. The molecule has 5 nitrogen and oxygen atoms in total. The van der Waals surface area contributed by atoms with E-state index >= 15 is 0 Å². The molecular weight excluding hydrogens is 366 g/mol. The number of hydrogen-bond acceptors (Lipinski definition) is 3. The summed E-state index contributed by atoms with van der Waals surface area (Å²) in [4.78, 5) is 24.5. The van der Waals surface area contributed by atoms with Crippen molar-refractivity contribution < 1.29 is 19.8 Å². The molecule has 1 aromatic rings. The Hall–Kier alpha value is -2.58. The van der Waals surface area contributed by atoms with E-state index in [0.29, 0.717) is 32.2 Å². The number of benzene rings is 1. The maximum Gasteiger partial charge on any atom is 0.303 e. The highest BCUT2D eigenvalue weighted by atomic mass is 16.4. The number of carbonyl (C=O) groups excluding carboxylic acids is 1. The van der Waals surface area contributed by atoms with Crippen LogP contribution in [-0.2, 0) is 9.59 Å². The van der Waals surface area contributed by atoms with E-state index in [2.05, 4.69) is 11.8 Å². The van der Waals surface area contributed by atoms with Gasteiger partial charge in [-0.05, 0) is 37.8 Å². The highest BCUT2D eigenvalue weighted by Gasteiger charge is 2.28. The number of aliphatic carboxylic acids is 1. The Bertz CT molecular complexity index is 732. The first-order valence-electron chi connectivity index (χ1n) is 10.5. The summed E-state index contributed by atoms with van der Waals surface area (Å²) in [6.07, 6.45) is 9.27. The van der Waals surface area contributed by atoms with Gasteiger partial charge in [0.1, 0.15) is 0 Å². The number of amides is 1. The Balaban J connectivity index is 1.69. The highest BCUT2D eigenvalue weighted by molar-refractivity contribution is 5.79. The number of aliphatic hydroxyl groups is 1. The number of nitrogens with zero attached hydrogens (tertiary/aromatic N) is 1. The average molecular weight is 398 g/mol. The van der Waals surface area contributed by atoms with Gasteiger partial charge in [-0.1, -0.05) is 55.0 Å². The van der Waals surface area contributed by atoms with Crippen LogP contribution >= 0.6 is 0 Å². The zero-order chi connectivity index (χ0) is 20.9. The molecule has 29 heavy (non-hydrogen) atoms. The van der Waals surface area contributed by atoms with Gasteiger partial charge in [0.25, 0.3) is 0 Å². The molecule has 0 bridgehead atoms. The minimum absolute atomic E-state index is 0.0478. The van der Waals surface area contributed by atoms with Crippen molar-refractivity contribution in [1.82, 2.24) is 4.90 Å². The Morgan fingerprint density at radius 2 is 1.97 bits per heavy atom. The van der Waals surface area contributed by atoms with Crippen LogP contribution in [0.15, 0.2) is 42.5 Å². The summed E-state index contributed by atoms with van der Waals surface area (Å²) in [6.45, 7) is 0.694. The van der Waals surface area contributed by atoms with Gasteiger partial charge in [0, 0.05) is 31.4 Å². The van der Waals surface area contributed by atoms with E-state index in [9.17, 15) is 14.7 Å². The average Bonchev–Trinajstić information content (AvgIpc) is 3.06. The zero-order valence-electron chi connectivity index (χ0n) is 16.9. The van der Waals surface area contributed by atoms with Crippen molar-refractivity contribution >= 4 is 11.9 Å². The number of likely N-dealkylation sites (tertiary alicyclic amines) is 1. The van der Waals surface area contributed by atoms with Crippen LogP contribution in [0.1, 0.15) is 63.4 Å². The summed E-state index contributed by atoms with van der Waals surface area (Å²) < 4.78 is 0. The summed E-state index contributed by atoms with van der Waals surface area (Å²) in [5.74, 6) is 5.57. The van der Waals surface area contributed by atoms with Gasteiger partial charge in [0.05, 0.1) is 12.1 Å². The molecule has 1 aromatic carbocycles. The van der Waals surface area contributed by atoms with Gasteiger partial charge in [0.15, 0.2) is 0 Å². The number of hydrogen-bond donors (Lipinski definition) is 2. The predicted molar refractivity (Wildman–Crippen MR) is 113 cm³/mol. The maximum absolute atomic E-state index is 12.1. The Morgan fingerprint density at radius 3 is 2.72 bits per heavy atom. The van der Waals surface area contributed by atoms with E-state index in [-0.39, 0.29) is 18.4 Å². The Kier molecular flexibility index (Phi) is 10.0. The van der Waals surface area contributed by atoms with E-state index in [4.69, 9.17) is 5.11 Å². The van der Waals surface area contributed by atoms with E-state index in [1.807, 2.05) is 41.3 Å². The summed E-state index contributed by atoms with van der Waals surface area (Å²) in [7, 11) is 0. The quantitative estimate of drug-likeness (QED) is 0.339. The molecule has 1 heterocycles. The maximum atomic E-state index is 12.1. The second-order valence-corrected chi connectivity index (χ2v) is 7.41. The van der Waals surface area contributed by atoms with Crippen LogP contribution in [-0.4, -0.2) is 45.7 Å². The minimum Gasteiger partial charge on any atom is -0.481 e. The number of carboxylic acid groups (broad SMARTS) is 1.